The van der Waals surface area contributed by atoms with Crippen LogP contribution in [-0.2, 0) is 5.75 Å². The average Bonchev–Trinajstić information content (AvgIpc) is 2.28. The maximum atomic E-state index is 4.65. The van der Waals surface area contributed by atoms with Crippen molar-refractivity contribution < 1.29 is 0 Å². The van der Waals surface area contributed by atoms with Gasteiger partial charge >= 0.3 is 0 Å². The molecule has 0 saturated heterocycles. The van der Waals surface area contributed by atoms with E-state index in [1.807, 2.05) is 18.0 Å². The predicted molar refractivity (Wildman–Crippen MR) is 81.2 cm³/mol. The molecule has 0 aliphatic carbocycles. The summed E-state index contributed by atoms with van der Waals surface area (Å²) >= 11 is 1.99. The van der Waals surface area contributed by atoms with Crippen LogP contribution in [0.25, 0.3) is 0 Å². The van der Waals surface area contributed by atoms with E-state index in [0.29, 0.717) is 17.8 Å². The second-order valence-electron chi connectivity index (χ2n) is 5.64. The minimum Gasteiger partial charge on any atom is -0.261 e. The summed E-state index contributed by atoms with van der Waals surface area (Å²) in [6.07, 6.45) is 6.70. The number of rotatable bonds is 2. The number of fused-ring (bicyclic) bond motifs is 1. The van der Waals surface area contributed by atoms with Crippen LogP contribution in [0.1, 0.15) is 56.4 Å². The number of hydrogen-bond donors (Lipinski definition) is 0. The van der Waals surface area contributed by atoms with Crippen LogP contribution in [0, 0.1) is 5.92 Å². The van der Waals surface area contributed by atoms with Crippen LogP contribution in [0.4, 0.5) is 0 Å². The minimum atomic E-state index is 0.499. The molecule has 0 spiro atoms. The van der Waals surface area contributed by atoms with E-state index in [0.717, 1.165) is 11.5 Å². The maximum absolute atomic E-state index is 4.65. The van der Waals surface area contributed by atoms with Gasteiger partial charge in [-0.05, 0) is 29.0 Å². The van der Waals surface area contributed by atoms with Crippen molar-refractivity contribution in [2.24, 2.45) is 5.92 Å². The molecular weight excluding hydrogens is 238 g/mol. The first-order valence-corrected chi connectivity index (χ1v) is 7.98. The van der Waals surface area contributed by atoms with E-state index < -0.39 is 0 Å². The Hall–Kier alpha value is -0.760. The number of hydrogen-bond acceptors (Lipinski definition) is 2. The molecule has 1 atom stereocenters. The topological polar surface area (TPSA) is 12.9 Å². The molecule has 0 amide bonds. The van der Waals surface area contributed by atoms with Crippen molar-refractivity contribution in [3.05, 3.63) is 41.2 Å². The third kappa shape index (κ3) is 2.80. The Morgan fingerprint density at radius 3 is 2.72 bits per heavy atom. The molecule has 18 heavy (non-hydrogen) atoms. The van der Waals surface area contributed by atoms with Crippen LogP contribution in [0.5, 0.6) is 0 Å². The van der Waals surface area contributed by atoms with Crippen LogP contribution in [0.3, 0.4) is 0 Å². The molecule has 1 aliphatic heterocycles. The lowest BCUT2D eigenvalue weighted by Crippen LogP contribution is -2.13. The summed E-state index contributed by atoms with van der Waals surface area (Å²) in [5, 5.41) is 0. The van der Waals surface area contributed by atoms with Gasteiger partial charge in [0, 0.05) is 29.3 Å². The predicted octanol–water partition coefficient (Wildman–Crippen LogP) is 4.75. The van der Waals surface area contributed by atoms with E-state index >= 15 is 0 Å². The molecule has 2 heteroatoms. The van der Waals surface area contributed by atoms with Gasteiger partial charge in [0.2, 0.25) is 0 Å². The first-order valence-electron chi connectivity index (χ1n) is 6.83. The lowest BCUT2D eigenvalue weighted by molar-refractivity contribution is 0.563. The first kappa shape index (κ1) is 13.7. The smallest absolute Gasteiger partial charge is 0.0470 e. The largest absolute Gasteiger partial charge is 0.261 e. The standard InChI is InChI=1S/C16H23NS/c1-11(2)14-6-5-9-18-10-13-7-8-17-16(12(3)4)15(13)14/h5-8,11-12,14H,9-10H2,1-4H3/b6-5-. The molecule has 1 aromatic rings. The molecule has 0 aromatic carbocycles. The van der Waals surface area contributed by atoms with Crippen molar-refractivity contribution in [2.45, 2.75) is 45.3 Å². The molecule has 0 bridgehead atoms. The van der Waals surface area contributed by atoms with Gasteiger partial charge in [-0.15, -0.1) is 0 Å². The van der Waals surface area contributed by atoms with Crippen LogP contribution in [0.15, 0.2) is 24.4 Å². The summed E-state index contributed by atoms with van der Waals surface area (Å²) in [6, 6.07) is 2.21. The van der Waals surface area contributed by atoms with Gasteiger partial charge in [0.25, 0.3) is 0 Å². The summed E-state index contributed by atoms with van der Waals surface area (Å²) in [6.45, 7) is 9.11. The summed E-state index contributed by atoms with van der Waals surface area (Å²) in [7, 11) is 0. The molecule has 1 nitrogen and oxygen atoms in total. The van der Waals surface area contributed by atoms with E-state index in [-0.39, 0.29) is 0 Å². The summed E-state index contributed by atoms with van der Waals surface area (Å²) in [5.41, 5.74) is 4.27. The highest BCUT2D eigenvalue weighted by molar-refractivity contribution is 7.98. The molecule has 0 radical (unpaired) electrons. The van der Waals surface area contributed by atoms with Gasteiger partial charge in [-0.3, -0.25) is 4.98 Å². The third-order valence-corrected chi connectivity index (χ3v) is 4.47. The molecule has 1 aromatic heterocycles. The van der Waals surface area contributed by atoms with Crippen LogP contribution in [-0.4, -0.2) is 10.7 Å². The zero-order chi connectivity index (χ0) is 13.1. The van der Waals surface area contributed by atoms with Gasteiger partial charge in [-0.2, -0.15) is 11.8 Å². The fourth-order valence-electron chi connectivity index (χ4n) is 2.59. The Kier molecular flexibility index (Phi) is 4.50. The van der Waals surface area contributed by atoms with Crippen molar-refractivity contribution in [1.82, 2.24) is 4.98 Å². The Morgan fingerprint density at radius 1 is 1.28 bits per heavy atom. The Morgan fingerprint density at radius 2 is 2.06 bits per heavy atom. The Labute approximate surface area is 115 Å². The summed E-state index contributed by atoms with van der Waals surface area (Å²) in [4.78, 5) is 4.65. The van der Waals surface area contributed by atoms with E-state index in [9.17, 15) is 0 Å². The number of thioether (sulfide) groups is 1. The maximum Gasteiger partial charge on any atom is 0.0470 e. The zero-order valence-corrected chi connectivity index (χ0v) is 12.6. The van der Waals surface area contributed by atoms with Crippen molar-refractivity contribution in [3.63, 3.8) is 0 Å². The van der Waals surface area contributed by atoms with E-state index in [4.69, 9.17) is 0 Å². The number of nitrogens with zero attached hydrogens (tertiary/aromatic N) is 1. The number of allylic oxidation sites excluding steroid dienone is 1. The van der Waals surface area contributed by atoms with Gasteiger partial charge in [0.15, 0.2) is 0 Å². The van der Waals surface area contributed by atoms with E-state index in [1.165, 1.54) is 16.8 Å². The highest BCUT2D eigenvalue weighted by Gasteiger charge is 2.23. The number of aromatic nitrogens is 1. The zero-order valence-electron chi connectivity index (χ0n) is 11.8. The van der Waals surface area contributed by atoms with Gasteiger partial charge in [0.1, 0.15) is 0 Å². The molecule has 1 unspecified atom stereocenters. The second-order valence-corrected chi connectivity index (χ2v) is 6.67. The summed E-state index contributed by atoms with van der Waals surface area (Å²) in [5.74, 6) is 3.89. The highest BCUT2D eigenvalue weighted by atomic mass is 32.2. The Bertz CT molecular complexity index is 435. The van der Waals surface area contributed by atoms with Gasteiger partial charge in [-0.25, -0.2) is 0 Å². The van der Waals surface area contributed by atoms with Crippen molar-refractivity contribution in [3.8, 4) is 0 Å². The molecule has 2 rings (SSSR count). The normalized spacial score (nSPS) is 21.6. The quantitative estimate of drug-likeness (QED) is 0.713. The minimum absolute atomic E-state index is 0.499. The van der Waals surface area contributed by atoms with E-state index in [2.05, 4.69) is 50.9 Å². The lowest BCUT2D eigenvalue weighted by atomic mass is 9.82. The molecule has 0 N–H and O–H groups in total. The monoisotopic (exact) mass is 261 g/mol. The van der Waals surface area contributed by atoms with Gasteiger partial charge in [0.05, 0.1) is 0 Å². The molecule has 0 saturated carbocycles. The fourth-order valence-corrected chi connectivity index (χ4v) is 3.43. The average molecular weight is 261 g/mol. The number of pyridine rings is 1. The van der Waals surface area contributed by atoms with Gasteiger partial charge < -0.3 is 0 Å². The summed E-state index contributed by atoms with van der Waals surface area (Å²) < 4.78 is 0. The molecule has 98 valence electrons. The molecule has 2 heterocycles. The SMILES string of the molecule is CC(C)c1nccc2c1C(C(C)C)/C=C\CSC2. The van der Waals surface area contributed by atoms with E-state index in [1.54, 1.807) is 0 Å². The molecule has 1 aliphatic rings. The van der Waals surface area contributed by atoms with Crippen molar-refractivity contribution in [1.29, 1.82) is 0 Å². The van der Waals surface area contributed by atoms with Crippen LogP contribution in [0.2, 0.25) is 0 Å². The second kappa shape index (κ2) is 5.92. The Balaban J connectivity index is 2.57. The first-order chi connectivity index (χ1) is 8.61. The fraction of sp³-hybridized carbons (Fsp3) is 0.562. The lowest BCUT2D eigenvalue weighted by Gasteiger charge is -2.26. The van der Waals surface area contributed by atoms with Crippen molar-refractivity contribution in [2.75, 3.05) is 5.75 Å². The van der Waals surface area contributed by atoms with Crippen LogP contribution < -0.4 is 0 Å². The molecule has 0 fully saturated rings. The van der Waals surface area contributed by atoms with Crippen molar-refractivity contribution >= 4 is 11.8 Å². The highest BCUT2D eigenvalue weighted by Crippen LogP contribution is 2.36. The third-order valence-electron chi connectivity index (χ3n) is 3.52. The molecular formula is C16H23NS. The van der Waals surface area contributed by atoms with Gasteiger partial charge in [-0.1, -0.05) is 39.8 Å². The van der Waals surface area contributed by atoms with Crippen LogP contribution >= 0.6 is 11.8 Å².